The summed E-state index contributed by atoms with van der Waals surface area (Å²) in [5.74, 6) is -0.638. The number of likely N-dealkylation sites (N-methyl/N-ethyl adjacent to an activating group) is 1. The Morgan fingerprint density at radius 1 is 1.15 bits per heavy atom. The molecule has 0 saturated carbocycles. The Kier molecular flexibility index (Phi) is 5.35. The average Bonchev–Trinajstić information content (AvgIpc) is 3.06. The molecule has 6 heteroatoms. The molecule has 138 valence electrons. The maximum Gasteiger partial charge on any atom is 0.269 e. The van der Waals surface area contributed by atoms with E-state index in [0.29, 0.717) is 29.9 Å². The van der Waals surface area contributed by atoms with Gasteiger partial charge in [0.2, 0.25) is 0 Å². The standard InChI is InChI=1S/C21H22N4O2/c1-15-8-10-16(11-9-15)24(2)13-12-18-19(14-26)25(23-20(18)21(22)27)17-6-4-3-5-7-17/h3-11,14H,12-13H2,1-2H3,(H2,22,27). The van der Waals surface area contributed by atoms with Crippen LogP contribution in [0, 0.1) is 6.92 Å². The van der Waals surface area contributed by atoms with E-state index in [-0.39, 0.29) is 5.69 Å². The Hall–Kier alpha value is -3.41. The summed E-state index contributed by atoms with van der Waals surface area (Å²) in [5, 5.41) is 4.31. The summed E-state index contributed by atoms with van der Waals surface area (Å²) in [6.07, 6.45) is 1.21. The lowest BCUT2D eigenvalue weighted by molar-refractivity contribution is 0.0994. The highest BCUT2D eigenvalue weighted by Gasteiger charge is 2.22. The smallest absolute Gasteiger partial charge is 0.269 e. The molecule has 0 radical (unpaired) electrons. The van der Waals surface area contributed by atoms with Crippen molar-refractivity contribution in [3.63, 3.8) is 0 Å². The highest BCUT2D eigenvalue weighted by molar-refractivity contribution is 5.95. The number of carbonyl (C=O) groups is 2. The Morgan fingerprint density at radius 3 is 2.41 bits per heavy atom. The largest absolute Gasteiger partial charge is 0.374 e. The number of aryl methyl sites for hydroxylation is 1. The van der Waals surface area contributed by atoms with Crippen molar-refractivity contribution in [1.82, 2.24) is 9.78 Å². The van der Waals surface area contributed by atoms with Gasteiger partial charge >= 0.3 is 0 Å². The summed E-state index contributed by atoms with van der Waals surface area (Å²) in [5.41, 5.74) is 9.54. The molecule has 0 saturated heterocycles. The van der Waals surface area contributed by atoms with Crippen LogP contribution in [0.5, 0.6) is 0 Å². The lowest BCUT2D eigenvalue weighted by Gasteiger charge is -2.19. The number of hydrogen-bond donors (Lipinski definition) is 1. The molecule has 0 unspecified atom stereocenters. The number of hydrogen-bond acceptors (Lipinski definition) is 4. The van der Waals surface area contributed by atoms with E-state index in [9.17, 15) is 9.59 Å². The van der Waals surface area contributed by atoms with Crippen molar-refractivity contribution >= 4 is 17.9 Å². The summed E-state index contributed by atoms with van der Waals surface area (Å²) in [6.45, 7) is 2.65. The number of aldehydes is 1. The first-order chi connectivity index (χ1) is 13.0. The number of carbonyl (C=O) groups excluding carboxylic acids is 2. The topological polar surface area (TPSA) is 81.2 Å². The van der Waals surface area contributed by atoms with Gasteiger partial charge in [0.05, 0.1) is 5.69 Å². The second-order valence-corrected chi connectivity index (χ2v) is 6.45. The number of primary amides is 1. The zero-order valence-corrected chi connectivity index (χ0v) is 15.4. The molecule has 0 aliphatic rings. The first-order valence-electron chi connectivity index (χ1n) is 8.71. The van der Waals surface area contributed by atoms with Gasteiger partial charge in [0.1, 0.15) is 5.69 Å². The third kappa shape index (κ3) is 3.89. The predicted molar refractivity (Wildman–Crippen MR) is 106 cm³/mol. The maximum atomic E-state index is 11.9. The number of nitrogens with zero attached hydrogens (tertiary/aromatic N) is 3. The minimum absolute atomic E-state index is 0.137. The highest BCUT2D eigenvalue weighted by Crippen LogP contribution is 2.20. The van der Waals surface area contributed by atoms with Crippen molar-refractivity contribution in [2.24, 2.45) is 5.73 Å². The molecule has 3 aromatic rings. The van der Waals surface area contributed by atoms with Crippen molar-refractivity contribution in [3.05, 3.63) is 77.1 Å². The normalized spacial score (nSPS) is 10.6. The van der Waals surface area contributed by atoms with Gasteiger partial charge in [-0.1, -0.05) is 35.9 Å². The van der Waals surface area contributed by atoms with Crippen LogP contribution in [0.25, 0.3) is 5.69 Å². The first kappa shape index (κ1) is 18.4. The van der Waals surface area contributed by atoms with Crippen molar-refractivity contribution in [2.75, 3.05) is 18.5 Å². The van der Waals surface area contributed by atoms with Gasteiger partial charge in [0.25, 0.3) is 5.91 Å². The fourth-order valence-electron chi connectivity index (χ4n) is 3.00. The quantitative estimate of drug-likeness (QED) is 0.655. The van der Waals surface area contributed by atoms with Crippen molar-refractivity contribution in [1.29, 1.82) is 0 Å². The zero-order valence-electron chi connectivity index (χ0n) is 15.4. The summed E-state index contributed by atoms with van der Waals surface area (Å²) >= 11 is 0. The van der Waals surface area contributed by atoms with Crippen LogP contribution in [-0.2, 0) is 6.42 Å². The van der Waals surface area contributed by atoms with E-state index in [2.05, 4.69) is 10.00 Å². The van der Waals surface area contributed by atoms with Crippen molar-refractivity contribution in [2.45, 2.75) is 13.3 Å². The number of aromatic nitrogens is 2. The van der Waals surface area contributed by atoms with E-state index in [1.165, 1.54) is 10.2 Å². The van der Waals surface area contributed by atoms with Crippen LogP contribution >= 0.6 is 0 Å². The van der Waals surface area contributed by atoms with Crippen LogP contribution in [0.2, 0.25) is 0 Å². The predicted octanol–water partition coefficient (Wildman–Crippen LogP) is 2.77. The van der Waals surface area contributed by atoms with Crippen molar-refractivity contribution < 1.29 is 9.59 Å². The second-order valence-electron chi connectivity index (χ2n) is 6.45. The molecule has 1 heterocycles. The van der Waals surface area contributed by atoms with Crippen molar-refractivity contribution in [3.8, 4) is 5.69 Å². The Morgan fingerprint density at radius 2 is 1.81 bits per heavy atom. The lowest BCUT2D eigenvalue weighted by Crippen LogP contribution is -2.22. The van der Waals surface area contributed by atoms with Gasteiger partial charge in [0, 0.05) is 24.8 Å². The van der Waals surface area contributed by atoms with Gasteiger partial charge in [-0.05, 0) is 37.6 Å². The average molecular weight is 362 g/mol. The van der Waals surface area contributed by atoms with E-state index >= 15 is 0 Å². The Balaban J connectivity index is 1.92. The fraction of sp³-hybridized carbons (Fsp3) is 0.190. The summed E-state index contributed by atoms with van der Waals surface area (Å²) in [4.78, 5) is 25.8. The molecule has 2 N–H and O–H groups in total. The van der Waals surface area contributed by atoms with E-state index < -0.39 is 5.91 Å². The van der Waals surface area contributed by atoms with Crippen LogP contribution < -0.4 is 10.6 Å². The number of nitrogens with two attached hydrogens (primary N) is 1. The van der Waals surface area contributed by atoms with Crippen LogP contribution in [0.15, 0.2) is 54.6 Å². The molecule has 1 amide bonds. The molecule has 6 nitrogen and oxygen atoms in total. The van der Waals surface area contributed by atoms with E-state index in [1.54, 1.807) is 0 Å². The number of anilines is 1. The van der Waals surface area contributed by atoms with Crippen LogP contribution in [0.4, 0.5) is 5.69 Å². The summed E-state index contributed by atoms with van der Waals surface area (Å²) in [7, 11) is 1.97. The van der Waals surface area contributed by atoms with Crippen LogP contribution in [0.3, 0.4) is 0 Å². The minimum atomic E-state index is -0.638. The molecule has 0 aliphatic heterocycles. The molecule has 0 aliphatic carbocycles. The van der Waals surface area contributed by atoms with Gasteiger partial charge in [0.15, 0.2) is 12.0 Å². The molecule has 2 aromatic carbocycles. The number of rotatable bonds is 7. The molecular formula is C21H22N4O2. The summed E-state index contributed by atoms with van der Waals surface area (Å²) in [6, 6.07) is 17.4. The monoisotopic (exact) mass is 362 g/mol. The second kappa shape index (κ2) is 7.86. The number of amides is 1. The van der Waals surface area contributed by atoms with Gasteiger partial charge in [-0.25, -0.2) is 4.68 Å². The molecule has 0 spiro atoms. The third-order valence-corrected chi connectivity index (χ3v) is 4.54. The molecule has 0 bridgehead atoms. The molecule has 3 rings (SSSR count). The first-order valence-corrected chi connectivity index (χ1v) is 8.71. The SMILES string of the molecule is Cc1ccc(N(C)CCc2c(C(N)=O)nn(-c3ccccc3)c2C=O)cc1. The molecule has 1 aromatic heterocycles. The van der Waals surface area contributed by atoms with E-state index in [1.807, 2.05) is 68.6 Å². The Labute approximate surface area is 158 Å². The molecule has 27 heavy (non-hydrogen) atoms. The van der Waals surface area contributed by atoms with Gasteiger partial charge in [-0.3, -0.25) is 9.59 Å². The molecule has 0 atom stereocenters. The highest BCUT2D eigenvalue weighted by atomic mass is 16.1. The van der Waals surface area contributed by atoms with Gasteiger partial charge in [-0.2, -0.15) is 5.10 Å². The lowest BCUT2D eigenvalue weighted by atomic mass is 10.1. The van der Waals surface area contributed by atoms with Crippen LogP contribution in [-0.4, -0.2) is 35.6 Å². The van der Waals surface area contributed by atoms with E-state index in [4.69, 9.17) is 5.73 Å². The summed E-state index contributed by atoms with van der Waals surface area (Å²) < 4.78 is 1.48. The minimum Gasteiger partial charge on any atom is -0.374 e. The molecule has 0 fully saturated rings. The maximum absolute atomic E-state index is 11.9. The Bertz CT molecular complexity index is 946. The fourth-order valence-corrected chi connectivity index (χ4v) is 3.00. The zero-order chi connectivity index (χ0) is 19.4. The number of benzene rings is 2. The van der Waals surface area contributed by atoms with Crippen LogP contribution in [0.1, 0.15) is 32.1 Å². The third-order valence-electron chi connectivity index (χ3n) is 4.54. The molecular weight excluding hydrogens is 340 g/mol. The van der Waals surface area contributed by atoms with Gasteiger partial charge in [-0.15, -0.1) is 0 Å². The van der Waals surface area contributed by atoms with Gasteiger partial charge < -0.3 is 10.6 Å². The van der Waals surface area contributed by atoms with E-state index in [0.717, 1.165) is 12.0 Å². The number of para-hydroxylation sites is 1.